The van der Waals surface area contributed by atoms with Crippen molar-refractivity contribution in [2.24, 2.45) is 7.05 Å². The number of likely N-dealkylation sites (tertiary alicyclic amines) is 1. The minimum atomic E-state index is -0.131. The molecule has 1 aliphatic heterocycles. The molecule has 0 bridgehead atoms. The maximum Gasteiger partial charge on any atom is 0.123 e. The van der Waals surface area contributed by atoms with Gasteiger partial charge in [-0.1, -0.05) is 6.92 Å². The van der Waals surface area contributed by atoms with Gasteiger partial charge in [0.05, 0.1) is 0 Å². The number of hydrogen-bond acceptors (Lipinski definition) is 1. The van der Waals surface area contributed by atoms with Gasteiger partial charge in [-0.3, -0.25) is 0 Å². The first-order valence-electron chi connectivity index (χ1n) is 7.66. The van der Waals surface area contributed by atoms with E-state index in [1.165, 1.54) is 44.5 Å². The third-order valence-electron chi connectivity index (χ3n) is 4.55. The molecule has 3 heteroatoms. The van der Waals surface area contributed by atoms with E-state index in [-0.39, 0.29) is 5.82 Å². The van der Waals surface area contributed by atoms with Crippen molar-refractivity contribution in [3.63, 3.8) is 0 Å². The summed E-state index contributed by atoms with van der Waals surface area (Å²) in [5.41, 5.74) is 2.47. The Balaban J connectivity index is 1.86. The van der Waals surface area contributed by atoms with Crippen molar-refractivity contribution in [2.75, 3.05) is 19.6 Å². The topological polar surface area (TPSA) is 8.17 Å². The van der Waals surface area contributed by atoms with Gasteiger partial charge < -0.3 is 9.47 Å². The van der Waals surface area contributed by atoms with Gasteiger partial charge in [0.15, 0.2) is 0 Å². The maximum atomic E-state index is 13.5. The second-order valence-corrected chi connectivity index (χ2v) is 5.97. The van der Waals surface area contributed by atoms with Crippen molar-refractivity contribution in [3.05, 3.63) is 35.8 Å². The fourth-order valence-electron chi connectivity index (χ4n) is 3.50. The minimum absolute atomic E-state index is 0.131. The van der Waals surface area contributed by atoms with Crippen LogP contribution >= 0.6 is 0 Å². The van der Waals surface area contributed by atoms with Crippen molar-refractivity contribution < 1.29 is 4.39 Å². The third-order valence-corrected chi connectivity index (χ3v) is 4.55. The Labute approximate surface area is 120 Å². The van der Waals surface area contributed by atoms with Crippen LogP contribution in [-0.2, 0) is 7.05 Å². The molecule has 0 N–H and O–H groups in total. The molecule has 2 heterocycles. The van der Waals surface area contributed by atoms with Gasteiger partial charge >= 0.3 is 0 Å². The van der Waals surface area contributed by atoms with E-state index in [2.05, 4.69) is 29.6 Å². The van der Waals surface area contributed by atoms with Gasteiger partial charge in [-0.15, -0.1) is 0 Å². The smallest absolute Gasteiger partial charge is 0.123 e. The summed E-state index contributed by atoms with van der Waals surface area (Å²) >= 11 is 0. The highest BCUT2D eigenvalue weighted by molar-refractivity contribution is 5.84. The Morgan fingerprint density at radius 2 is 2.00 bits per heavy atom. The first kappa shape index (κ1) is 13.6. The van der Waals surface area contributed by atoms with Crippen molar-refractivity contribution in [2.45, 2.75) is 32.1 Å². The Bertz CT molecular complexity index is 594. The van der Waals surface area contributed by atoms with Crippen LogP contribution in [0.1, 0.15) is 37.7 Å². The van der Waals surface area contributed by atoms with Crippen LogP contribution < -0.4 is 0 Å². The number of fused-ring (bicyclic) bond motifs is 1. The molecule has 0 spiro atoms. The van der Waals surface area contributed by atoms with Crippen LogP contribution in [0.5, 0.6) is 0 Å². The largest absolute Gasteiger partial charge is 0.350 e. The highest BCUT2D eigenvalue weighted by Crippen LogP contribution is 2.34. The van der Waals surface area contributed by atoms with Gasteiger partial charge in [0.2, 0.25) is 0 Å². The fraction of sp³-hybridized carbons (Fsp3) is 0.529. The molecule has 1 aliphatic rings. The zero-order valence-electron chi connectivity index (χ0n) is 12.4. The van der Waals surface area contributed by atoms with E-state index < -0.39 is 0 Å². The first-order chi connectivity index (χ1) is 9.69. The molecular weight excluding hydrogens is 251 g/mol. The molecule has 2 nitrogen and oxygen atoms in total. The Kier molecular flexibility index (Phi) is 3.79. The average Bonchev–Trinajstić information content (AvgIpc) is 2.77. The standard InChI is InChI=1S/C17H23FN2/c1-3-8-20-9-6-13(7-10-20)16-12-19(2)17-5-4-14(18)11-15(16)17/h4-5,11-13H,3,6-10H2,1-2H3. The summed E-state index contributed by atoms with van der Waals surface area (Å²) in [7, 11) is 2.05. The molecule has 0 aliphatic carbocycles. The van der Waals surface area contributed by atoms with E-state index in [9.17, 15) is 4.39 Å². The predicted molar refractivity (Wildman–Crippen MR) is 81.6 cm³/mol. The highest BCUT2D eigenvalue weighted by Gasteiger charge is 2.23. The number of piperidine rings is 1. The zero-order valence-corrected chi connectivity index (χ0v) is 12.4. The molecule has 1 aromatic carbocycles. The van der Waals surface area contributed by atoms with Crippen LogP contribution in [0.25, 0.3) is 10.9 Å². The van der Waals surface area contributed by atoms with Crippen LogP contribution in [0.4, 0.5) is 4.39 Å². The summed E-state index contributed by atoms with van der Waals surface area (Å²) in [6.07, 6.45) is 5.81. The quantitative estimate of drug-likeness (QED) is 0.824. The molecule has 1 saturated heterocycles. The molecule has 3 rings (SSSR count). The zero-order chi connectivity index (χ0) is 14.1. The van der Waals surface area contributed by atoms with Gasteiger partial charge in [-0.25, -0.2) is 4.39 Å². The number of aromatic nitrogens is 1. The fourth-order valence-corrected chi connectivity index (χ4v) is 3.50. The summed E-state index contributed by atoms with van der Waals surface area (Å²) in [6, 6.07) is 5.14. The van der Waals surface area contributed by atoms with Crippen LogP contribution in [0.2, 0.25) is 0 Å². The van der Waals surface area contributed by atoms with Crippen LogP contribution in [0.15, 0.2) is 24.4 Å². The second-order valence-electron chi connectivity index (χ2n) is 5.97. The number of rotatable bonds is 3. The number of halogens is 1. The molecule has 108 valence electrons. The summed E-state index contributed by atoms with van der Waals surface area (Å²) < 4.78 is 15.7. The van der Waals surface area contributed by atoms with Crippen LogP contribution in [0.3, 0.4) is 0 Å². The van der Waals surface area contributed by atoms with Crippen molar-refractivity contribution in [3.8, 4) is 0 Å². The minimum Gasteiger partial charge on any atom is -0.350 e. The molecular formula is C17H23FN2. The molecule has 0 atom stereocenters. The Morgan fingerprint density at radius 1 is 1.25 bits per heavy atom. The van der Waals surface area contributed by atoms with E-state index in [0.29, 0.717) is 5.92 Å². The van der Waals surface area contributed by atoms with E-state index >= 15 is 0 Å². The highest BCUT2D eigenvalue weighted by atomic mass is 19.1. The molecule has 20 heavy (non-hydrogen) atoms. The molecule has 2 aromatic rings. The van der Waals surface area contributed by atoms with Gasteiger partial charge in [-0.05, 0) is 68.6 Å². The average molecular weight is 274 g/mol. The normalized spacial score (nSPS) is 17.9. The van der Waals surface area contributed by atoms with Gasteiger partial charge in [0.25, 0.3) is 0 Å². The van der Waals surface area contributed by atoms with Gasteiger partial charge in [-0.2, -0.15) is 0 Å². The van der Waals surface area contributed by atoms with Crippen LogP contribution in [0, 0.1) is 5.82 Å². The number of nitrogens with zero attached hydrogens (tertiary/aromatic N) is 2. The Hall–Kier alpha value is -1.35. The third kappa shape index (κ3) is 2.47. The number of hydrogen-bond donors (Lipinski definition) is 0. The van der Waals surface area contributed by atoms with Crippen molar-refractivity contribution >= 4 is 10.9 Å². The first-order valence-corrected chi connectivity index (χ1v) is 7.66. The SMILES string of the molecule is CCCN1CCC(c2cn(C)c3ccc(F)cc23)CC1. The monoisotopic (exact) mass is 274 g/mol. The van der Waals surface area contributed by atoms with E-state index in [1.807, 2.05) is 6.07 Å². The lowest BCUT2D eigenvalue weighted by atomic mass is 9.89. The van der Waals surface area contributed by atoms with Crippen molar-refractivity contribution in [1.29, 1.82) is 0 Å². The molecule has 0 radical (unpaired) electrons. The number of aryl methyl sites for hydroxylation is 1. The molecule has 0 saturated carbocycles. The second kappa shape index (κ2) is 5.57. The molecule has 1 fully saturated rings. The summed E-state index contributed by atoms with van der Waals surface area (Å²) in [5, 5.41) is 1.10. The summed E-state index contributed by atoms with van der Waals surface area (Å²) in [6.45, 7) is 5.78. The lowest BCUT2D eigenvalue weighted by Gasteiger charge is -2.31. The number of benzene rings is 1. The van der Waals surface area contributed by atoms with Gasteiger partial charge in [0, 0.05) is 24.1 Å². The van der Waals surface area contributed by atoms with E-state index in [0.717, 1.165) is 10.9 Å². The molecule has 0 unspecified atom stereocenters. The summed E-state index contributed by atoms with van der Waals surface area (Å²) in [5.74, 6) is 0.446. The van der Waals surface area contributed by atoms with Crippen molar-refractivity contribution in [1.82, 2.24) is 9.47 Å². The van der Waals surface area contributed by atoms with E-state index in [4.69, 9.17) is 0 Å². The van der Waals surface area contributed by atoms with Crippen LogP contribution in [-0.4, -0.2) is 29.1 Å². The predicted octanol–water partition coefficient (Wildman–Crippen LogP) is 3.91. The molecule has 1 aromatic heterocycles. The lowest BCUT2D eigenvalue weighted by Crippen LogP contribution is -2.33. The lowest BCUT2D eigenvalue weighted by molar-refractivity contribution is 0.213. The van der Waals surface area contributed by atoms with E-state index in [1.54, 1.807) is 12.1 Å². The van der Waals surface area contributed by atoms with Gasteiger partial charge in [0.1, 0.15) is 5.82 Å². The summed E-state index contributed by atoms with van der Waals surface area (Å²) in [4.78, 5) is 2.54. The molecule has 0 amide bonds. The maximum absolute atomic E-state index is 13.5. The Morgan fingerprint density at radius 3 is 2.70 bits per heavy atom.